The molecule has 1 aromatic rings. The molecular formula is C14H19N3O2S. The van der Waals surface area contributed by atoms with Crippen LogP contribution < -0.4 is 9.62 Å². The third-order valence-electron chi connectivity index (χ3n) is 3.52. The smallest absolute Gasteiger partial charge is 0.251 e. The summed E-state index contributed by atoms with van der Waals surface area (Å²) in [6, 6.07) is 9.37. The molecule has 2 rings (SSSR count). The van der Waals surface area contributed by atoms with Gasteiger partial charge < -0.3 is 5.32 Å². The highest BCUT2D eigenvalue weighted by Crippen LogP contribution is 2.28. The minimum atomic E-state index is -3.66. The van der Waals surface area contributed by atoms with Gasteiger partial charge in [-0.15, -0.1) is 0 Å². The minimum Gasteiger partial charge on any atom is -0.308 e. The second-order valence-electron chi connectivity index (χ2n) is 5.01. The summed E-state index contributed by atoms with van der Waals surface area (Å²) in [5.74, 6) is 0. The van der Waals surface area contributed by atoms with E-state index in [0.717, 1.165) is 5.56 Å². The third kappa shape index (κ3) is 2.65. The molecule has 108 valence electrons. The zero-order valence-corrected chi connectivity index (χ0v) is 12.5. The Morgan fingerprint density at radius 2 is 2.20 bits per heavy atom. The van der Waals surface area contributed by atoms with E-state index < -0.39 is 15.3 Å². The minimum absolute atomic E-state index is 0.0355. The predicted octanol–water partition coefficient (Wildman–Crippen LogP) is 1.62. The van der Waals surface area contributed by atoms with E-state index in [4.69, 9.17) is 5.26 Å². The molecule has 1 heterocycles. The fraction of sp³-hybridized carbons (Fsp3) is 0.500. The van der Waals surface area contributed by atoms with Gasteiger partial charge in [-0.05, 0) is 25.0 Å². The number of sulfonamides is 1. The van der Waals surface area contributed by atoms with Crippen molar-refractivity contribution in [1.82, 2.24) is 5.32 Å². The summed E-state index contributed by atoms with van der Waals surface area (Å²) in [6.45, 7) is 4.64. The molecule has 1 aromatic carbocycles. The number of fused-ring (bicyclic) bond motifs is 1. The predicted molar refractivity (Wildman–Crippen MR) is 78.7 cm³/mol. The number of hydrogen-bond acceptors (Lipinski definition) is 4. The summed E-state index contributed by atoms with van der Waals surface area (Å²) in [6.07, 6.45) is 0.291. The lowest BCUT2D eigenvalue weighted by Crippen LogP contribution is -2.43. The highest BCUT2D eigenvalue weighted by Gasteiger charge is 2.34. The first-order valence-corrected chi connectivity index (χ1v) is 8.23. The van der Waals surface area contributed by atoms with E-state index in [2.05, 4.69) is 5.32 Å². The van der Waals surface area contributed by atoms with Gasteiger partial charge in [-0.1, -0.05) is 25.1 Å². The molecule has 0 saturated carbocycles. The van der Waals surface area contributed by atoms with Crippen molar-refractivity contribution in [3.8, 4) is 6.07 Å². The topological polar surface area (TPSA) is 73.2 Å². The zero-order chi connectivity index (χ0) is 14.8. The van der Waals surface area contributed by atoms with E-state index in [1.54, 1.807) is 13.0 Å². The Morgan fingerprint density at radius 3 is 2.85 bits per heavy atom. The van der Waals surface area contributed by atoms with E-state index >= 15 is 0 Å². The van der Waals surface area contributed by atoms with Crippen molar-refractivity contribution in [2.24, 2.45) is 0 Å². The van der Waals surface area contributed by atoms with Crippen LogP contribution in [0.1, 0.15) is 25.8 Å². The Hall–Kier alpha value is -1.58. The SMILES string of the molecule is CCC(C#N)S(=O)(=O)N1CC(C)NCc2ccccc21. The summed E-state index contributed by atoms with van der Waals surface area (Å²) in [5, 5.41) is 11.4. The number of nitrogens with one attached hydrogen (secondary N) is 1. The summed E-state index contributed by atoms with van der Waals surface area (Å²) in [5.41, 5.74) is 1.62. The molecule has 0 aromatic heterocycles. The van der Waals surface area contributed by atoms with Crippen LogP contribution in [0.25, 0.3) is 0 Å². The van der Waals surface area contributed by atoms with Crippen LogP contribution in [0, 0.1) is 11.3 Å². The van der Waals surface area contributed by atoms with Crippen LogP contribution >= 0.6 is 0 Å². The first kappa shape index (κ1) is 14.8. The lowest BCUT2D eigenvalue weighted by atomic mass is 10.2. The molecule has 2 unspecified atom stereocenters. The Labute approximate surface area is 120 Å². The molecule has 0 amide bonds. The number of para-hydroxylation sites is 1. The largest absolute Gasteiger partial charge is 0.308 e. The van der Waals surface area contributed by atoms with Gasteiger partial charge in [-0.2, -0.15) is 5.26 Å². The Morgan fingerprint density at radius 1 is 1.50 bits per heavy atom. The summed E-state index contributed by atoms with van der Waals surface area (Å²) < 4.78 is 26.8. The first-order chi connectivity index (χ1) is 9.50. The van der Waals surface area contributed by atoms with Crippen molar-refractivity contribution in [1.29, 1.82) is 5.26 Å². The van der Waals surface area contributed by atoms with Gasteiger partial charge >= 0.3 is 0 Å². The van der Waals surface area contributed by atoms with Crippen molar-refractivity contribution >= 4 is 15.7 Å². The second-order valence-corrected chi connectivity index (χ2v) is 7.05. The molecule has 0 spiro atoms. The van der Waals surface area contributed by atoms with Crippen LogP contribution in [0.3, 0.4) is 0 Å². The van der Waals surface area contributed by atoms with Crippen molar-refractivity contribution in [3.05, 3.63) is 29.8 Å². The maximum Gasteiger partial charge on any atom is 0.251 e. The molecule has 1 aliphatic rings. The van der Waals surface area contributed by atoms with E-state index in [1.165, 1.54) is 4.31 Å². The van der Waals surface area contributed by atoms with Crippen LogP contribution in [0.5, 0.6) is 0 Å². The van der Waals surface area contributed by atoms with Crippen LogP contribution in [-0.2, 0) is 16.6 Å². The van der Waals surface area contributed by atoms with Gasteiger partial charge in [-0.25, -0.2) is 8.42 Å². The second kappa shape index (κ2) is 5.81. The molecule has 0 fully saturated rings. The first-order valence-electron chi connectivity index (χ1n) is 6.73. The van der Waals surface area contributed by atoms with Crippen molar-refractivity contribution in [2.75, 3.05) is 10.8 Å². The Balaban J connectivity index is 2.52. The molecule has 20 heavy (non-hydrogen) atoms. The number of nitrogens with zero attached hydrogens (tertiary/aromatic N) is 2. The van der Waals surface area contributed by atoms with E-state index in [-0.39, 0.29) is 6.04 Å². The van der Waals surface area contributed by atoms with Gasteiger partial charge in [0.15, 0.2) is 5.25 Å². The lowest BCUT2D eigenvalue weighted by Gasteiger charge is -2.27. The van der Waals surface area contributed by atoms with Crippen LogP contribution in [0.2, 0.25) is 0 Å². The fourth-order valence-corrected chi connectivity index (χ4v) is 4.11. The molecule has 1 aliphatic heterocycles. The molecule has 0 radical (unpaired) electrons. The molecular weight excluding hydrogens is 274 g/mol. The van der Waals surface area contributed by atoms with Crippen molar-refractivity contribution in [2.45, 2.75) is 38.1 Å². The van der Waals surface area contributed by atoms with Crippen LogP contribution in [0.4, 0.5) is 5.69 Å². The van der Waals surface area contributed by atoms with Gasteiger partial charge in [0.1, 0.15) is 0 Å². The number of hydrogen-bond donors (Lipinski definition) is 1. The summed E-state index contributed by atoms with van der Waals surface area (Å²) >= 11 is 0. The van der Waals surface area contributed by atoms with Crippen LogP contribution in [-0.4, -0.2) is 26.3 Å². The number of nitriles is 1. The zero-order valence-electron chi connectivity index (χ0n) is 11.7. The monoisotopic (exact) mass is 293 g/mol. The van der Waals surface area contributed by atoms with E-state index in [9.17, 15) is 8.42 Å². The van der Waals surface area contributed by atoms with Gasteiger partial charge in [0, 0.05) is 19.1 Å². The van der Waals surface area contributed by atoms with E-state index in [0.29, 0.717) is 25.2 Å². The molecule has 0 saturated heterocycles. The normalized spacial score (nSPS) is 20.6. The maximum atomic E-state index is 12.7. The Kier molecular flexibility index (Phi) is 4.31. The average Bonchev–Trinajstić information content (AvgIpc) is 2.60. The van der Waals surface area contributed by atoms with Crippen molar-refractivity contribution in [3.63, 3.8) is 0 Å². The fourth-order valence-electron chi connectivity index (χ4n) is 2.36. The Bertz CT molecular complexity index is 622. The third-order valence-corrected chi connectivity index (χ3v) is 5.64. The van der Waals surface area contributed by atoms with Gasteiger partial charge in [0.05, 0.1) is 11.8 Å². The lowest BCUT2D eigenvalue weighted by molar-refractivity contribution is 0.552. The van der Waals surface area contributed by atoms with Gasteiger partial charge in [0.2, 0.25) is 0 Å². The molecule has 0 bridgehead atoms. The molecule has 1 N–H and O–H groups in total. The maximum absolute atomic E-state index is 12.7. The van der Waals surface area contributed by atoms with Gasteiger partial charge in [0.25, 0.3) is 10.0 Å². The van der Waals surface area contributed by atoms with E-state index in [1.807, 2.05) is 31.2 Å². The number of rotatable bonds is 3. The summed E-state index contributed by atoms with van der Waals surface area (Å²) in [4.78, 5) is 0. The number of benzene rings is 1. The summed E-state index contributed by atoms with van der Waals surface area (Å²) in [7, 11) is -3.66. The van der Waals surface area contributed by atoms with Gasteiger partial charge in [-0.3, -0.25) is 4.31 Å². The average molecular weight is 293 g/mol. The standard InChI is InChI=1S/C14H19N3O2S/c1-3-13(8-15)20(18,19)17-10-11(2)16-9-12-6-4-5-7-14(12)17/h4-7,11,13,16H,3,9-10H2,1-2H3. The highest BCUT2D eigenvalue weighted by atomic mass is 32.2. The molecule has 2 atom stereocenters. The van der Waals surface area contributed by atoms with Crippen molar-refractivity contribution < 1.29 is 8.42 Å². The quantitative estimate of drug-likeness (QED) is 0.919. The molecule has 5 nitrogen and oxygen atoms in total. The number of anilines is 1. The molecule has 6 heteroatoms. The van der Waals surface area contributed by atoms with Crippen LogP contribution in [0.15, 0.2) is 24.3 Å². The molecule has 0 aliphatic carbocycles. The highest BCUT2D eigenvalue weighted by molar-refractivity contribution is 7.93.